The Labute approximate surface area is 73.6 Å². The minimum Gasteiger partial charge on any atom is -0.373 e. The first-order valence-electron chi connectivity index (χ1n) is 4.41. The SMILES string of the molecule is CC(C)N1CCOC(CON)C1. The third kappa shape index (κ3) is 2.71. The lowest BCUT2D eigenvalue weighted by molar-refractivity contribution is -0.0765. The smallest absolute Gasteiger partial charge is 0.0955 e. The zero-order valence-corrected chi connectivity index (χ0v) is 7.82. The molecule has 12 heavy (non-hydrogen) atoms. The van der Waals surface area contributed by atoms with E-state index >= 15 is 0 Å². The average Bonchev–Trinajstić information content (AvgIpc) is 2.05. The van der Waals surface area contributed by atoms with Gasteiger partial charge >= 0.3 is 0 Å². The van der Waals surface area contributed by atoms with Gasteiger partial charge in [-0.1, -0.05) is 0 Å². The molecule has 2 N–H and O–H groups in total. The number of hydrogen-bond acceptors (Lipinski definition) is 4. The van der Waals surface area contributed by atoms with Gasteiger partial charge in [-0.25, -0.2) is 5.90 Å². The molecule has 1 rings (SSSR count). The molecule has 0 aliphatic carbocycles. The molecule has 1 fully saturated rings. The lowest BCUT2D eigenvalue weighted by Gasteiger charge is -2.34. The van der Waals surface area contributed by atoms with E-state index in [4.69, 9.17) is 10.6 Å². The van der Waals surface area contributed by atoms with E-state index in [2.05, 4.69) is 23.6 Å². The van der Waals surface area contributed by atoms with Crippen molar-refractivity contribution in [2.45, 2.75) is 26.0 Å². The highest BCUT2D eigenvalue weighted by molar-refractivity contribution is 4.73. The summed E-state index contributed by atoms with van der Waals surface area (Å²) in [7, 11) is 0. The number of rotatable bonds is 3. The summed E-state index contributed by atoms with van der Waals surface area (Å²) in [6, 6.07) is 0.578. The summed E-state index contributed by atoms with van der Waals surface area (Å²) in [5.41, 5.74) is 0. The lowest BCUT2D eigenvalue weighted by Crippen LogP contribution is -2.47. The fourth-order valence-corrected chi connectivity index (χ4v) is 1.42. The Morgan fingerprint density at radius 2 is 2.42 bits per heavy atom. The first kappa shape index (κ1) is 9.92. The molecule has 72 valence electrons. The Morgan fingerprint density at radius 3 is 3.00 bits per heavy atom. The molecule has 1 aliphatic rings. The predicted octanol–water partition coefficient (Wildman–Crippen LogP) is -0.0141. The molecule has 4 heteroatoms. The second-order valence-corrected chi connectivity index (χ2v) is 3.41. The highest BCUT2D eigenvalue weighted by Crippen LogP contribution is 2.08. The van der Waals surface area contributed by atoms with E-state index in [9.17, 15) is 0 Å². The molecule has 0 aromatic rings. The zero-order chi connectivity index (χ0) is 8.97. The van der Waals surface area contributed by atoms with Gasteiger partial charge in [0.15, 0.2) is 0 Å². The van der Waals surface area contributed by atoms with Crippen molar-refractivity contribution < 1.29 is 9.57 Å². The van der Waals surface area contributed by atoms with Gasteiger partial charge < -0.3 is 9.57 Å². The average molecular weight is 174 g/mol. The van der Waals surface area contributed by atoms with Crippen LogP contribution in [-0.2, 0) is 9.57 Å². The quantitative estimate of drug-likeness (QED) is 0.611. The highest BCUT2D eigenvalue weighted by atomic mass is 16.6. The van der Waals surface area contributed by atoms with Gasteiger partial charge in [0.1, 0.15) is 0 Å². The fraction of sp³-hybridized carbons (Fsp3) is 1.00. The Balaban J connectivity index is 2.30. The Hall–Kier alpha value is -0.160. The van der Waals surface area contributed by atoms with Gasteiger partial charge in [-0.2, -0.15) is 0 Å². The zero-order valence-electron chi connectivity index (χ0n) is 7.82. The van der Waals surface area contributed by atoms with Crippen molar-refractivity contribution in [1.82, 2.24) is 4.90 Å². The summed E-state index contributed by atoms with van der Waals surface area (Å²) in [6.07, 6.45) is 0.145. The van der Waals surface area contributed by atoms with E-state index in [0.29, 0.717) is 12.6 Å². The van der Waals surface area contributed by atoms with Crippen LogP contribution in [0, 0.1) is 0 Å². The van der Waals surface area contributed by atoms with Crippen LogP contribution in [0.1, 0.15) is 13.8 Å². The van der Waals surface area contributed by atoms with E-state index in [1.807, 2.05) is 0 Å². The molecule has 0 spiro atoms. The summed E-state index contributed by atoms with van der Waals surface area (Å²) in [5, 5.41) is 0. The molecule has 1 aliphatic heterocycles. The maximum Gasteiger partial charge on any atom is 0.0955 e. The maximum absolute atomic E-state index is 5.45. The normalized spacial score (nSPS) is 26.5. The lowest BCUT2D eigenvalue weighted by atomic mass is 10.2. The van der Waals surface area contributed by atoms with Crippen LogP contribution in [0.2, 0.25) is 0 Å². The number of morpholine rings is 1. The molecule has 0 aromatic heterocycles. The van der Waals surface area contributed by atoms with Gasteiger partial charge in [-0.3, -0.25) is 4.90 Å². The second-order valence-electron chi connectivity index (χ2n) is 3.41. The highest BCUT2D eigenvalue weighted by Gasteiger charge is 2.21. The van der Waals surface area contributed by atoms with E-state index in [0.717, 1.165) is 19.7 Å². The van der Waals surface area contributed by atoms with Crippen LogP contribution in [0.25, 0.3) is 0 Å². The van der Waals surface area contributed by atoms with Gasteiger partial charge in [-0.15, -0.1) is 0 Å². The van der Waals surface area contributed by atoms with Crippen molar-refractivity contribution in [1.29, 1.82) is 0 Å². The first-order chi connectivity index (χ1) is 5.74. The van der Waals surface area contributed by atoms with Crippen molar-refractivity contribution in [3.63, 3.8) is 0 Å². The van der Waals surface area contributed by atoms with Gasteiger partial charge in [0.2, 0.25) is 0 Å². The summed E-state index contributed by atoms with van der Waals surface area (Å²) >= 11 is 0. The number of nitrogens with zero attached hydrogens (tertiary/aromatic N) is 1. The van der Waals surface area contributed by atoms with Gasteiger partial charge in [0.25, 0.3) is 0 Å². The third-order valence-electron chi connectivity index (χ3n) is 2.18. The number of hydrogen-bond donors (Lipinski definition) is 1. The molecule has 0 aromatic carbocycles. The first-order valence-corrected chi connectivity index (χ1v) is 4.41. The molecule has 1 saturated heterocycles. The van der Waals surface area contributed by atoms with Crippen molar-refractivity contribution >= 4 is 0 Å². The summed E-state index contributed by atoms with van der Waals surface area (Å²) in [5.74, 6) is 4.98. The third-order valence-corrected chi connectivity index (χ3v) is 2.18. The minimum absolute atomic E-state index is 0.145. The van der Waals surface area contributed by atoms with Gasteiger partial charge in [0, 0.05) is 19.1 Å². The van der Waals surface area contributed by atoms with E-state index in [-0.39, 0.29) is 6.10 Å². The van der Waals surface area contributed by atoms with Crippen LogP contribution < -0.4 is 5.90 Å². The maximum atomic E-state index is 5.45. The molecule has 4 nitrogen and oxygen atoms in total. The van der Waals surface area contributed by atoms with Crippen LogP contribution >= 0.6 is 0 Å². The van der Waals surface area contributed by atoms with Crippen molar-refractivity contribution in [2.24, 2.45) is 5.90 Å². The van der Waals surface area contributed by atoms with Gasteiger partial charge in [-0.05, 0) is 13.8 Å². The largest absolute Gasteiger partial charge is 0.373 e. The van der Waals surface area contributed by atoms with Crippen molar-refractivity contribution in [2.75, 3.05) is 26.3 Å². The monoisotopic (exact) mass is 174 g/mol. The molecule has 1 heterocycles. The number of nitrogens with two attached hydrogens (primary N) is 1. The van der Waals surface area contributed by atoms with Crippen molar-refractivity contribution in [3.8, 4) is 0 Å². The molecule has 0 bridgehead atoms. The number of ether oxygens (including phenoxy) is 1. The van der Waals surface area contributed by atoms with Crippen LogP contribution in [-0.4, -0.2) is 43.3 Å². The standard InChI is InChI=1S/C8H18N2O2/c1-7(2)10-3-4-11-8(5-10)6-12-9/h7-8H,3-6,9H2,1-2H3. The predicted molar refractivity (Wildman–Crippen MR) is 46.6 cm³/mol. The van der Waals surface area contributed by atoms with Crippen LogP contribution in [0.3, 0.4) is 0 Å². The molecule has 1 unspecified atom stereocenters. The Bertz CT molecular complexity index is 128. The molecule has 0 saturated carbocycles. The summed E-state index contributed by atoms with van der Waals surface area (Å²) in [4.78, 5) is 6.93. The van der Waals surface area contributed by atoms with E-state index < -0.39 is 0 Å². The fourth-order valence-electron chi connectivity index (χ4n) is 1.42. The summed E-state index contributed by atoms with van der Waals surface area (Å²) in [6.45, 7) is 7.58. The second kappa shape index (κ2) is 4.77. The van der Waals surface area contributed by atoms with Crippen molar-refractivity contribution in [3.05, 3.63) is 0 Å². The van der Waals surface area contributed by atoms with Crippen LogP contribution in [0.4, 0.5) is 0 Å². The molecule has 0 radical (unpaired) electrons. The minimum atomic E-state index is 0.145. The van der Waals surface area contributed by atoms with E-state index in [1.165, 1.54) is 0 Å². The molecule has 1 atom stereocenters. The van der Waals surface area contributed by atoms with Gasteiger partial charge in [0.05, 0.1) is 19.3 Å². The molecular weight excluding hydrogens is 156 g/mol. The molecule has 0 amide bonds. The molecular formula is C8H18N2O2. The van der Waals surface area contributed by atoms with E-state index in [1.54, 1.807) is 0 Å². The summed E-state index contributed by atoms with van der Waals surface area (Å²) < 4.78 is 5.45. The Kier molecular flexibility index (Phi) is 3.94. The van der Waals surface area contributed by atoms with Crippen LogP contribution in [0.5, 0.6) is 0 Å². The topological polar surface area (TPSA) is 47.7 Å². The Morgan fingerprint density at radius 1 is 1.67 bits per heavy atom. The van der Waals surface area contributed by atoms with Crippen LogP contribution in [0.15, 0.2) is 0 Å².